The van der Waals surface area contributed by atoms with Gasteiger partial charge in [-0.05, 0) is 49.3 Å². The van der Waals surface area contributed by atoms with Gasteiger partial charge in [-0.1, -0.05) is 44.2 Å². The number of nitrogens with one attached hydrogen (secondary N) is 2. The molecule has 0 spiro atoms. The van der Waals surface area contributed by atoms with Crippen molar-refractivity contribution < 1.29 is 28.3 Å². The molecule has 2 N–H and O–H groups in total. The number of alkyl carbamates (subject to hydrolysis) is 1. The number of carbonyl (C=O) groups is 3. The lowest BCUT2D eigenvalue weighted by Gasteiger charge is -2.24. The molecule has 3 rings (SSSR count). The van der Waals surface area contributed by atoms with Crippen LogP contribution in [-0.2, 0) is 31.2 Å². The van der Waals surface area contributed by atoms with Crippen LogP contribution in [0.3, 0.4) is 0 Å². The Morgan fingerprint density at radius 2 is 1.89 bits per heavy atom. The van der Waals surface area contributed by atoms with Crippen LogP contribution in [0.25, 0.3) is 0 Å². The van der Waals surface area contributed by atoms with Crippen molar-refractivity contribution in [2.75, 3.05) is 19.0 Å². The highest BCUT2D eigenvalue weighted by molar-refractivity contribution is 7.99. The number of hydrogen-bond acceptors (Lipinski definition) is 7. The van der Waals surface area contributed by atoms with E-state index in [1.165, 1.54) is 11.8 Å². The summed E-state index contributed by atoms with van der Waals surface area (Å²) in [6, 6.07) is 11.7. The molecule has 1 aliphatic rings. The van der Waals surface area contributed by atoms with Gasteiger partial charge in [0.05, 0.1) is 29.9 Å². The summed E-state index contributed by atoms with van der Waals surface area (Å²) in [6.07, 6.45) is 3.43. The van der Waals surface area contributed by atoms with Crippen molar-refractivity contribution in [1.82, 2.24) is 10.6 Å². The van der Waals surface area contributed by atoms with E-state index < -0.39 is 24.1 Å². The molecule has 1 aromatic heterocycles. The van der Waals surface area contributed by atoms with E-state index in [4.69, 9.17) is 13.9 Å². The Labute approximate surface area is 216 Å². The minimum absolute atomic E-state index is 0.0898. The number of hydrogen-bond donors (Lipinski definition) is 2. The van der Waals surface area contributed by atoms with Gasteiger partial charge in [0.15, 0.2) is 5.78 Å². The number of rotatable bonds is 14. The van der Waals surface area contributed by atoms with Gasteiger partial charge in [-0.15, -0.1) is 11.8 Å². The Kier molecular flexibility index (Phi) is 11.4. The van der Waals surface area contributed by atoms with Crippen molar-refractivity contribution in [3.8, 4) is 0 Å². The molecule has 8 nitrogen and oxygen atoms in total. The second-order valence-electron chi connectivity index (χ2n) is 9.35. The molecule has 1 aromatic carbocycles. The van der Waals surface area contributed by atoms with E-state index in [0.29, 0.717) is 25.2 Å². The molecule has 0 radical (unpaired) electrons. The van der Waals surface area contributed by atoms with Gasteiger partial charge in [0.1, 0.15) is 18.4 Å². The normalized spacial score (nSPS) is 16.9. The first-order valence-corrected chi connectivity index (χ1v) is 13.6. The molecule has 2 heterocycles. The van der Waals surface area contributed by atoms with E-state index >= 15 is 0 Å². The lowest BCUT2D eigenvalue weighted by atomic mass is 10.00. The number of amides is 2. The third-order valence-electron chi connectivity index (χ3n) is 5.80. The summed E-state index contributed by atoms with van der Waals surface area (Å²) in [5, 5.41) is 5.58. The topological polar surface area (TPSA) is 107 Å². The van der Waals surface area contributed by atoms with Crippen molar-refractivity contribution in [2.45, 2.75) is 63.5 Å². The highest BCUT2D eigenvalue weighted by atomic mass is 32.2. The summed E-state index contributed by atoms with van der Waals surface area (Å²) in [7, 11) is 0. The van der Waals surface area contributed by atoms with Crippen LogP contribution in [0.2, 0.25) is 0 Å². The highest BCUT2D eigenvalue weighted by Crippen LogP contribution is 2.15. The molecular formula is C27H36N2O6S. The number of carbonyl (C=O) groups excluding carboxylic acids is 3. The van der Waals surface area contributed by atoms with Gasteiger partial charge in [0.2, 0.25) is 5.91 Å². The second kappa shape index (κ2) is 14.7. The fraction of sp³-hybridized carbons (Fsp3) is 0.519. The van der Waals surface area contributed by atoms with E-state index in [1.54, 1.807) is 6.26 Å². The number of furan rings is 1. The lowest BCUT2D eigenvalue weighted by molar-refractivity contribution is -0.128. The molecule has 1 aliphatic heterocycles. The monoisotopic (exact) mass is 516 g/mol. The molecular weight excluding hydrogens is 480 g/mol. The van der Waals surface area contributed by atoms with Crippen LogP contribution in [0.5, 0.6) is 0 Å². The van der Waals surface area contributed by atoms with Crippen molar-refractivity contribution >= 4 is 29.5 Å². The lowest BCUT2D eigenvalue weighted by Crippen LogP contribution is -2.53. The molecule has 36 heavy (non-hydrogen) atoms. The van der Waals surface area contributed by atoms with Crippen molar-refractivity contribution in [3.05, 3.63) is 60.1 Å². The van der Waals surface area contributed by atoms with E-state index in [-0.39, 0.29) is 30.2 Å². The quantitative estimate of drug-likeness (QED) is 0.389. The smallest absolute Gasteiger partial charge is 0.407 e. The third-order valence-corrected chi connectivity index (χ3v) is 6.77. The molecule has 1 fully saturated rings. The summed E-state index contributed by atoms with van der Waals surface area (Å²) in [6.45, 7) is 4.77. The van der Waals surface area contributed by atoms with Crippen LogP contribution in [0.15, 0.2) is 53.1 Å². The van der Waals surface area contributed by atoms with Crippen LogP contribution < -0.4 is 10.6 Å². The summed E-state index contributed by atoms with van der Waals surface area (Å²) in [5.74, 6) is 1.24. The van der Waals surface area contributed by atoms with Gasteiger partial charge in [0.25, 0.3) is 0 Å². The third kappa shape index (κ3) is 9.70. The van der Waals surface area contributed by atoms with E-state index in [0.717, 1.165) is 24.2 Å². The maximum Gasteiger partial charge on any atom is 0.407 e. The maximum atomic E-state index is 13.3. The zero-order chi connectivity index (χ0) is 25.8. The predicted octanol–water partition coefficient (Wildman–Crippen LogP) is 4.13. The summed E-state index contributed by atoms with van der Waals surface area (Å²) in [5.41, 5.74) is 0.941. The minimum Gasteiger partial charge on any atom is -0.468 e. The van der Waals surface area contributed by atoms with Crippen LogP contribution in [0, 0.1) is 5.92 Å². The molecule has 0 saturated carbocycles. The Hall–Kier alpha value is -2.78. The Morgan fingerprint density at radius 1 is 1.08 bits per heavy atom. The molecule has 2 amide bonds. The van der Waals surface area contributed by atoms with Gasteiger partial charge < -0.3 is 24.5 Å². The molecule has 3 atom stereocenters. The number of benzene rings is 1. The van der Waals surface area contributed by atoms with Crippen molar-refractivity contribution in [3.63, 3.8) is 0 Å². The molecule has 0 bridgehead atoms. The molecule has 2 aromatic rings. The molecule has 9 heteroatoms. The summed E-state index contributed by atoms with van der Waals surface area (Å²) < 4.78 is 16.1. The van der Waals surface area contributed by atoms with Gasteiger partial charge in [-0.2, -0.15) is 0 Å². The number of ketones is 1. The highest BCUT2D eigenvalue weighted by Gasteiger charge is 2.28. The number of Topliss-reactive ketones (excluding diaryl/α,β-unsaturated/α-hetero) is 1. The number of ether oxygens (including phenoxy) is 2. The van der Waals surface area contributed by atoms with Crippen LogP contribution in [-0.4, -0.2) is 54.9 Å². The second-order valence-corrected chi connectivity index (χ2v) is 10.3. The average Bonchev–Trinajstić information content (AvgIpc) is 3.57. The fourth-order valence-corrected chi connectivity index (χ4v) is 4.82. The zero-order valence-electron chi connectivity index (χ0n) is 20.9. The maximum absolute atomic E-state index is 13.3. The fourth-order valence-electron chi connectivity index (χ4n) is 3.95. The Balaban J connectivity index is 1.61. The van der Waals surface area contributed by atoms with Gasteiger partial charge in [-0.3, -0.25) is 9.59 Å². The molecule has 1 saturated heterocycles. The van der Waals surface area contributed by atoms with E-state index in [1.807, 2.05) is 56.3 Å². The first-order chi connectivity index (χ1) is 17.4. The SMILES string of the molecule is CC(C)C[C@H](NC(=O)OC[C@@H]1CCCO1)C(=O)NC(Cc1ccccc1)C(=O)CSCc1ccco1. The van der Waals surface area contributed by atoms with Gasteiger partial charge >= 0.3 is 6.09 Å². The summed E-state index contributed by atoms with van der Waals surface area (Å²) >= 11 is 1.44. The van der Waals surface area contributed by atoms with Crippen LogP contribution >= 0.6 is 11.8 Å². The molecule has 0 aliphatic carbocycles. The van der Waals surface area contributed by atoms with Crippen LogP contribution in [0.4, 0.5) is 4.79 Å². The summed E-state index contributed by atoms with van der Waals surface area (Å²) in [4.78, 5) is 38.8. The van der Waals surface area contributed by atoms with Crippen molar-refractivity contribution in [1.29, 1.82) is 0 Å². The van der Waals surface area contributed by atoms with Gasteiger partial charge in [0, 0.05) is 6.61 Å². The van der Waals surface area contributed by atoms with E-state index in [9.17, 15) is 14.4 Å². The molecule has 1 unspecified atom stereocenters. The Morgan fingerprint density at radius 3 is 2.56 bits per heavy atom. The number of thioether (sulfide) groups is 1. The molecule has 196 valence electrons. The minimum atomic E-state index is -0.816. The Bertz CT molecular complexity index is 944. The van der Waals surface area contributed by atoms with E-state index in [2.05, 4.69) is 10.6 Å². The van der Waals surface area contributed by atoms with Crippen LogP contribution in [0.1, 0.15) is 44.4 Å². The first-order valence-electron chi connectivity index (χ1n) is 12.4. The zero-order valence-corrected chi connectivity index (χ0v) is 21.8. The van der Waals surface area contributed by atoms with Gasteiger partial charge in [-0.25, -0.2) is 4.79 Å². The first kappa shape index (κ1) is 27.8. The predicted molar refractivity (Wildman–Crippen MR) is 139 cm³/mol. The average molecular weight is 517 g/mol. The van der Waals surface area contributed by atoms with Crippen molar-refractivity contribution in [2.24, 2.45) is 5.92 Å². The largest absolute Gasteiger partial charge is 0.468 e. The standard InChI is InChI=1S/C27H36N2O6S/c1-19(2)14-24(29-27(32)35-16-21-10-6-12-33-21)26(31)28-23(15-20-8-4-3-5-9-20)25(30)18-36-17-22-11-7-13-34-22/h3-5,7-9,11,13,19,21,23-24H,6,10,12,14-18H2,1-2H3,(H,28,31)(H,29,32)/t21-,23?,24-/m0/s1.